The van der Waals surface area contributed by atoms with Gasteiger partial charge in [-0.1, -0.05) is 11.6 Å². The second kappa shape index (κ2) is 10.1. The molecule has 1 aliphatic carbocycles. The summed E-state index contributed by atoms with van der Waals surface area (Å²) in [5, 5.41) is 8.01. The molecule has 28 heavy (non-hydrogen) atoms. The first-order valence-corrected chi connectivity index (χ1v) is 10.4. The predicted molar refractivity (Wildman–Crippen MR) is 108 cm³/mol. The lowest BCUT2D eigenvalue weighted by molar-refractivity contribution is -0.139. The summed E-state index contributed by atoms with van der Waals surface area (Å²) >= 11 is 1.47. The second-order valence-corrected chi connectivity index (χ2v) is 7.63. The van der Waals surface area contributed by atoms with E-state index in [9.17, 15) is 14.0 Å². The molecular formula is C21H24FN3O2S. The molecule has 7 heteroatoms. The highest BCUT2D eigenvalue weighted by atomic mass is 32.1. The molecule has 0 aliphatic heterocycles. The zero-order valence-corrected chi connectivity index (χ0v) is 16.5. The van der Waals surface area contributed by atoms with Gasteiger partial charge >= 0.3 is 11.8 Å². The fraction of sp³-hybridized carbons (Fsp3) is 0.381. The van der Waals surface area contributed by atoms with Crippen LogP contribution in [0.1, 0.15) is 37.8 Å². The second-order valence-electron chi connectivity index (χ2n) is 6.77. The topological polar surface area (TPSA) is 71.1 Å². The maximum atomic E-state index is 13.0. The van der Waals surface area contributed by atoms with E-state index < -0.39 is 11.8 Å². The zero-order valence-electron chi connectivity index (χ0n) is 15.7. The van der Waals surface area contributed by atoms with E-state index in [1.165, 1.54) is 41.9 Å². The number of carbonyl (C=O) groups is 2. The largest absolute Gasteiger partial charge is 0.348 e. The van der Waals surface area contributed by atoms with Crippen LogP contribution in [0.4, 0.5) is 4.39 Å². The molecule has 148 valence electrons. The summed E-state index contributed by atoms with van der Waals surface area (Å²) in [7, 11) is 0. The fourth-order valence-electron chi connectivity index (χ4n) is 3.08. The monoisotopic (exact) mass is 401 g/mol. The highest BCUT2D eigenvalue weighted by molar-refractivity contribution is 7.13. The number of thiazole rings is 1. The lowest BCUT2D eigenvalue weighted by atomic mass is 9.97. The summed E-state index contributed by atoms with van der Waals surface area (Å²) in [6.07, 6.45) is 8.23. The number of nitrogens with zero attached hydrogens (tertiary/aromatic N) is 1. The van der Waals surface area contributed by atoms with Crippen molar-refractivity contribution in [3.8, 4) is 10.6 Å². The van der Waals surface area contributed by atoms with E-state index in [-0.39, 0.29) is 5.82 Å². The first-order valence-electron chi connectivity index (χ1n) is 9.56. The lowest BCUT2D eigenvalue weighted by Crippen LogP contribution is -2.41. The molecule has 0 fully saturated rings. The van der Waals surface area contributed by atoms with Crippen LogP contribution >= 0.6 is 11.3 Å². The van der Waals surface area contributed by atoms with Gasteiger partial charge in [-0.15, -0.1) is 11.3 Å². The quantitative estimate of drug-likeness (QED) is 0.550. The molecule has 1 aromatic heterocycles. The molecule has 0 spiro atoms. The number of benzene rings is 1. The van der Waals surface area contributed by atoms with Crippen molar-refractivity contribution in [1.82, 2.24) is 15.6 Å². The van der Waals surface area contributed by atoms with Crippen LogP contribution in [0.5, 0.6) is 0 Å². The molecule has 1 heterocycles. The third-order valence-electron chi connectivity index (χ3n) is 4.63. The molecule has 0 saturated carbocycles. The molecule has 1 aliphatic rings. The summed E-state index contributed by atoms with van der Waals surface area (Å²) < 4.78 is 13.0. The average molecular weight is 402 g/mol. The first-order chi connectivity index (χ1) is 13.6. The molecule has 0 bridgehead atoms. The SMILES string of the molecule is O=C(NCCC1=CCCCC1)C(=O)NCCc1csc(-c2ccc(F)cc2)n1. The summed E-state index contributed by atoms with van der Waals surface area (Å²) in [4.78, 5) is 28.2. The first kappa shape index (κ1) is 20.2. The van der Waals surface area contributed by atoms with Crippen LogP contribution in [0, 0.1) is 5.82 Å². The number of hydrogen-bond donors (Lipinski definition) is 2. The molecule has 0 saturated heterocycles. The summed E-state index contributed by atoms with van der Waals surface area (Å²) in [5.41, 5.74) is 3.05. The minimum Gasteiger partial charge on any atom is -0.348 e. The Morgan fingerprint density at radius 2 is 1.75 bits per heavy atom. The Balaban J connectivity index is 1.37. The maximum absolute atomic E-state index is 13.0. The standard InChI is InChI=1S/C21H24FN3O2S/c22-17-8-6-16(7-9-17)21-25-18(14-28-21)11-13-24-20(27)19(26)23-12-10-15-4-2-1-3-5-15/h4,6-9,14H,1-3,5,10-13H2,(H,23,26)(H,24,27). The number of allylic oxidation sites excluding steroid dienone is 1. The molecule has 0 atom stereocenters. The molecule has 0 unspecified atom stereocenters. The normalized spacial score (nSPS) is 13.7. The van der Waals surface area contributed by atoms with E-state index in [0.29, 0.717) is 19.5 Å². The van der Waals surface area contributed by atoms with Gasteiger partial charge in [-0.3, -0.25) is 9.59 Å². The van der Waals surface area contributed by atoms with Gasteiger partial charge in [0.2, 0.25) is 0 Å². The molecule has 2 aromatic rings. The Hall–Kier alpha value is -2.54. The van der Waals surface area contributed by atoms with Gasteiger partial charge < -0.3 is 10.6 Å². The van der Waals surface area contributed by atoms with Crippen molar-refractivity contribution >= 4 is 23.2 Å². The number of amides is 2. The zero-order chi connectivity index (χ0) is 19.8. The van der Waals surface area contributed by atoms with Gasteiger partial charge in [-0.25, -0.2) is 9.37 Å². The Labute approximate surface area is 168 Å². The average Bonchev–Trinajstić information content (AvgIpc) is 3.18. The van der Waals surface area contributed by atoms with Gasteiger partial charge in [0.05, 0.1) is 5.69 Å². The van der Waals surface area contributed by atoms with E-state index in [1.54, 1.807) is 12.1 Å². The summed E-state index contributed by atoms with van der Waals surface area (Å²) in [6.45, 7) is 0.829. The van der Waals surface area contributed by atoms with Gasteiger partial charge in [0, 0.05) is 30.5 Å². The van der Waals surface area contributed by atoms with Gasteiger partial charge in [0.25, 0.3) is 0 Å². The Kier molecular flexibility index (Phi) is 7.31. The number of aromatic nitrogens is 1. The van der Waals surface area contributed by atoms with Crippen LogP contribution in [0.3, 0.4) is 0 Å². The van der Waals surface area contributed by atoms with Gasteiger partial charge in [0.1, 0.15) is 10.8 Å². The van der Waals surface area contributed by atoms with Crippen molar-refractivity contribution in [2.24, 2.45) is 0 Å². The van der Waals surface area contributed by atoms with Crippen LogP contribution in [0.25, 0.3) is 10.6 Å². The number of nitrogens with one attached hydrogen (secondary N) is 2. The van der Waals surface area contributed by atoms with Gasteiger partial charge in [0.15, 0.2) is 0 Å². The van der Waals surface area contributed by atoms with Gasteiger partial charge in [-0.05, 0) is 56.4 Å². The molecule has 3 rings (SSSR count). The van der Waals surface area contributed by atoms with E-state index in [1.807, 2.05) is 5.38 Å². The maximum Gasteiger partial charge on any atom is 0.309 e. The van der Waals surface area contributed by atoms with Crippen molar-refractivity contribution in [1.29, 1.82) is 0 Å². The number of carbonyl (C=O) groups excluding carboxylic acids is 2. The van der Waals surface area contributed by atoms with E-state index in [2.05, 4.69) is 21.7 Å². The van der Waals surface area contributed by atoms with E-state index in [4.69, 9.17) is 0 Å². The Morgan fingerprint density at radius 3 is 2.43 bits per heavy atom. The third-order valence-corrected chi connectivity index (χ3v) is 5.57. The Morgan fingerprint density at radius 1 is 1.04 bits per heavy atom. The van der Waals surface area contributed by atoms with E-state index in [0.717, 1.165) is 35.5 Å². The third kappa shape index (κ3) is 5.99. The van der Waals surface area contributed by atoms with Crippen molar-refractivity contribution in [3.63, 3.8) is 0 Å². The van der Waals surface area contributed by atoms with Crippen LogP contribution in [-0.2, 0) is 16.0 Å². The van der Waals surface area contributed by atoms with Gasteiger partial charge in [-0.2, -0.15) is 0 Å². The van der Waals surface area contributed by atoms with Crippen molar-refractivity contribution in [3.05, 3.63) is 52.8 Å². The van der Waals surface area contributed by atoms with Crippen molar-refractivity contribution in [2.75, 3.05) is 13.1 Å². The summed E-state index contributed by atoms with van der Waals surface area (Å²) in [5.74, 6) is -1.50. The Bertz CT molecular complexity index is 846. The number of rotatable bonds is 7. The van der Waals surface area contributed by atoms with E-state index >= 15 is 0 Å². The van der Waals surface area contributed by atoms with Crippen LogP contribution in [0.15, 0.2) is 41.3 Å². The van der Waals surface area contributed by atoms with Crippen LogP contribution < -0.4 is 10.6 Å². The smallest absolute Gasteiger partial charge is 0.309 e. The highest BCUT2D eigenvalue weighted by Gasteiger charge is 2.13. The number of hydrogen-bond acceptors (Lipinski definition) is 4. The molecule has 2 amide bonds. The molecule has 5 nitrogen and oxygen atoms in total. The predicted octanol–water partition coefficient (Wildman–Crippen LogP) is 3.61. The minimum absolute atomic E-state index is 0.281. The minimum atomic E-state index is -0.619. The number of halogens is 1. The van der Waals surface area contributed by atoms with Crippen molar-refractivity contribution in [2.45, 2.75) is 38.5 Å². The highest BCUT2D eigenvalue weighted by Crippen LogP contribution is 2.24. The molecule has 2 N–H and O–H groups in total. The lowest BCUT2D eigenvalue weighted by Gasteiger charge is -2.12. The fourth-order valence-corrected chi connectivity index (χ4v) is 3.94. The van der Waals surface area contributed by atoms with Crippen molar-refractivity contribution < 1.29 is 14.0 Å². The molecule has 1 aromatic carbocycles. The van der Waals surface area contributed by atoms with Crippen LogP contribution in [0.2, 0.25) is 0 Å². The summed E-state index contributed by atoms with van der Waals surface area (Å²) in [6, 6.07) is 6.18. The molecule has 0 radical (unpaired) electrons. The van der Waals surface area contributed by atoms with Crippen LogP contribution in [-0.4, -0.2) is 29.9 Å². The molecular weight excluding hydrogens is 377 g/mol.